The maximum atomic E-state index is 11.4. The number of benzene rings is 3. The fourth-order valence-electron chi connectivity index (χ4n) is 2.92. The first kappa shape index (κ1) is 12.9. The molecule has 1 atom stereocenters. The summed E-state index contributed by atoms with van der Waals surface area (Å²) in [4.78, 5) is 11.4. The molecule has 0 aromatic heterocycles. The zero-order chi connectivity index (χ0) is 13.9. The number of aldehydes is 1. The average molecular weight is 262 g/mol. The monoisotopic (exact) mass is 262 g/mol. The van der Waals surface area contributed by atoms with Crippen LogP contribution in [0, 0.1) is 0 Å². The Hall–Kier alpha value is -2.15. The minimum absolute atomic E-state index is 0.00450. The molecule has 0 bridgehead atoms. The summed E-state index contributed by atoms with van der Waals surface area (Å²) in [6.45, 7) is 2.12. The Balaban J connectivity index is 2.27. The van der Waals surface area contributed by atoms with Crippen molar-refractivity contribution in [2.45, 2.75) is 25.7 Å². The van der Waals surface area contributed by atoms with E-state index in [4.69, 9.17) is 0 Å². The van der Waals surface area contributed by atoms with Crippen molar-refractivity contribution in [3.8, 4) is 0 Å². The van der Waals surface area contributed by atoms with Crippen LogP contribution >= 0.6 is 0 Å². The van der Waals surface area contributed by atoms with Crippen LogP contribution in [-0.2, 0) is 4.79 Å². The third-order valence-corrected chi connectivity index (χ3v) is 3.94. The number of rotatable bonds is 4. The standard InChI is InChI=1S/C19H18O/c1-2-6-17(13-20)18-10-5-9-16-11-14-7-3-4-8-15(14)12-19(16)18/h3-5,7-13,17H,2,6H2,1H3. The summed E-state index contributed by atoms with van der Waals surface area (Å²) in [5, 5.41) is 4.89. The van der Waals surface area contributed by atoms with Crippen LogP contribution in [0.25, 0.3) is 21.5 Å². The third-order valence-electron chi connectivity index (χ3n) is 3.94. The van der Waals surface area contributed by atoms with Gasteiger partial charge in [0.25, 0.3) is 0 Å². The van der Waals surface area contributed by atoms with Crippen LogP contribution in [0.1, 0.15) is 31.2 Å². The highest BCUT2D eigenvalue weighted by Gasteiger charge is 2.12. The smallest absolute Gasteiger partial charge is 0.127 e. The molecule has 0 fully saturated rings. The van der Waals surface area contributed by atoms with Gasteiger partial charge in [0, 0.05) is 5.92 Å². The predicted molar refractivity (Wildman–Crippen MR) is 85.2 cm³/mol. The van der Waals surface area contributed by atoms with Crippen molar-refractivity contribution < 1.29 is 4.79 Å². The van der Waals surface area contributed by atoms with E-state index in [0.717, 1.165) is 24.7 Å². The largest absolute Gasteiger partial charge is 0.303 e. The van der Waals surface area contributed by atoms with Gasteiger partial charge in [-0.25, -0.2) is 0 Å². The second-order valence-electron chi connectivity index (χ2n) is 5.30. The molecule has 100 valence electrons. The molecule has 1 heteroatoms. The van der Waals surface area contributed by atoms with E-state index in [-0.39, 0.29) is 5.92 Å². The molecular formula is C19H18O. The molecule has 0 radical (unpaired) electrons. The van der Waals surface area contributed by atoms with Gasteiger partial charge in [-0.3, -0.25) is 0 Å². The summed E-state index contributed by atoms with van der Waals surface area (Å²) in [5.74, 6) is 0.00450. The molecule has 0 amide bonds. The van der Waals surface area contributed by atoms with E-state index < -0.39 is 0 Å². The topological polar surface area (TPSA) is 17.1 Å². The Morgan fingerprint density at radius 2 is 1.65 bits per heavy atom. The van der Waals surface area contributed by atoms with Gasteiger partial charge in [0.15, 0.2) is 0 Å². The first-order valence-corrected chi connectivity index (χ1v) is 7.20. The van der Waals surface area contributed by atoms with Gasteiger partial charge in [-0.15, -0.1) is 0 Å². The molecule has 1 unspecified atom stereocenters. The zero-order valence-electron chi connectivity index (χ0n) is 11.7. The SMILES string of the molecule is CCCC(C=O)c1cccc2cc3ccccc3cc12. The Morgan fingerprint density at radius 1 is 0.950 bits per heavy atom. The second-order valence-corrected chi connectivity index (χ2v) is 5.30. The molecular weight excluding hydrogens is 244 g/mol. The Kier molecular flexibility index (Phi) is 3.51. The van der Waals surface area contributed by atoms with Crippen molar-refractivity contribution in [2.24, 2.45) is 0 Å². The molecule has 0 saturated heterocycles. The molecule has 0 aliphatic heterocycles. The first-order valence-electron chi connectivity index (χ1n) is 7.20. The van der Waals surface area contributed by atoms with Crippen molar-refractivity contribution in [2.75, 3.05) is 0 Å². The van der Waals surface area contributed by atoms with Crippen LogP contribution in [0.5, 0.6) is 0 Å². The molecule has 3 rings (SSSR count). The number of carbonyl (C=O) groups excluding carboxylic acids is 1. The third kappa shape index (κ3) is 2.20. The van der Waals surface area contributed by atoms with Crippen LogP contribution in [0.15, 0.2) is 54.6 Å². The molecule has 3 aromatic carbocycles. The fourth-order valence-corrected chi connectivity index (χ4v) is 2.92. The summed E-state index contributed by atoms with van der Waals surface area (Å²) in [5.41, 5.74) is 1.16. The Labute approximate surface area is 119 Å². The maximum Gasteiger partial charge on any atom is 0.127 e. The lowest BCUT2D eigenvalue weighted by atomic mass is 9.90. The quantitative estimate of drug-likeness (QED) is 0.473. The lowest BCUT2D eigenvalue weighted by Crippen LogP contribution is -2.00. The summed E-state index contributed by atoms with van der Waals surface area (Å²) < 4.78 is 0. The van der Waals surface area contributed by atoms with Crippen LogP contribution < -0.4 is 0 Å². The van der Waals surface area contributed by atoms with E-state index in [9.17, 15) is 4.79 Å². The van der Waals surface area contributed by atoms with Crippen molar-refractivity contribution in [1.29, 1.82) is 0 Å². The van der Waals surface area contributed by atoms with E-state index in [0.29, 0.717) is 0 Å². The van der Waals surface area contributed by atoms with Gasteiger partial charge in [-0.05, 0) is 45.7 Å². The van der Waals surface area contributed by atoms with E-state index in [1.54, 1.807) is 0 Å². The number of fused-ring (bicyclic) bond motifs is 2. The molecule has 0 N–H and O–H groups in total. The minimum Gasteiger partial charge on any atom is -0.303 e. The van der Waals surface area contributed by atoms with Crippen molar-refractivity contribution in [3.05, 3.63) is 60.2 Å². The lowest BCUT2D eigenvalue weighted by Gasteiger charge is -2.13. The van der Waals surface area contributed by atoms with Crippen LogP contribution in [-0.4, -0.2) is 6.29 Å². The van der Waals surface area contributed by atoms with Crippen molar-refractivity contribution in [1.82, 2.24) is 0 Å². The van der Waals surface area contributed by atoms with Crippen molar-refractivity contribution in [3.63, 3.8) is 0 Å². The second kappa shape index (κ2) is 5.46. The maximum absolute atomic E-state index is 11.4. The summed E-state index contributed by atoms with van der Waals surface area (Å²) in [6.07, 6.45) is 3.02. The van der Waals surface area contributed by atoms with E-state index in [1.807, 2.05) is 0 Å². The lowest BCUT2D eigenvalue weighted by molar-refractivity contribution is -0.109. The van der Waals surface area contributed by atoms with Crippen molar-refractivity contribution >= 4 is 27.8 Å². The highest BCUT2D eigenvalue weighted by molar-refractivity contribution is 6.00. The first-order chi connectivity index (χ1) is 9.83. The van der Waals surface area contributed by atoms with Crippen LogP contribution in [0.2, 0.25) is 0 Å². The van der Waals surface area contributed by atoms with E-state index in [2.05, 4.69) is 61.5 Å². The summed E-state index contributed by atoms with van der Waals surface area (Å²) in [7, 11) is 0. The Morgan fingerprint density at radius 3 is 2.35 bits per heavy atom. The summed E-state index contributed by atoms with van der Waals surface area (Å²) >= 11 is 0. The molecule has 20 heavy (non-hydrogen) atoms. The van der Waals surface area contributed by atoms with E-state index in [1.165, 1.54) is 21.5 Å². The predicted octanol–water partition coefficient (Wildman–Crippen LogP) is 5.08. The van der Waals surface area contributed by atoms with Gasteiger partial charge in [-0.1, -0.05) is 55.8 Å². The number of hydrogen-bond acceptors (Lipinski definition) is 1. The van der Waals surface area contributed by atoms with E-state index >= 15 is 0 Å². The molecule has 0 aliphatic rings. The van der Waals surface area contributed by atoms with Gasteiger partial charge in [-0.2, -0.15) is 0 Å². The zero-order valence-corrected chi connectivity index (χ0v) is 11.7. The summed E-state index contributed by atoms with van der Waals surface area (Å²) in [6, 6.07) is 19.1. The van der Waals surface area contributed by atoms with Gasteiger partial charge in [0.2, 0.25) is 0 Å². The van der Waals surface area contributed by atoms with Crippen LogP contribution in [0.4, 0.5) is 0 Å². The average Bonchev–Trinajstić information content (AvgIpc) is 2.50. The van der Waals surface area contributed by atoms with Gasteiger partial charge in [0.1, 0.15) is 6.29 Å². The molecule has 3 aromatic rings. The fraction of sp³-hybridized carbons (Fsp3) is 0.211. The van der Waals surface area contributed by atoms with Gasteiger partial charge in [0.05, 0.1) is 0 Å². The molecule has 0 heterocycles. The van der Waals surface area contributed by atoms with Crippen LogP contribution in [0.3, 0.4) is 0 Å². The highest BCUT2D eigenvalue weighted by atomic mass is 16.1. The number of carbonyl (C=O) groups is 1. The molecule has 1 nitrogen and oxygen atoms in total. The number of hydrogen-bond donors (Lipinski definition) is 0. The molecule has 0 saturated carbocycles. The van der Waals surface area contributed by atoms with Gasteiger partial charge >= 0.3 is 0 Å². The Bertz CT molecular complexity index is 758. The van der Waals surface area contributed by atoms with Gasteiger partial charge < -0.3 is 4.79 Å². The molecule has 0 aliphatic carbocycles. The minimum atomic E-state index is 0.00450. The molecule has 0 spiro atoms. The highest BCUT2D eigenvalue weighted by Crippen LogP contribution is 2.30. The normalized spacial score (nSPS) is 12.7.